The summed E-state index contributed by atoms with van der Waals surface area (Å²) in [6.45, 7) is 3.22. The smallest absolute Gasteiger partial charge is 0.315 e. The molecule has 0 spiro atoms. The fraction of sp³-hybridized carbons (Fsp3) is 0.600. The number of carboxylic acids is 1. The second-order valence-corrected chi connectivity index (χ2v) is 6.65. The zero-order valence-electron chi connectivity index (χ0n) is 12.2. The Balaban J connectivity index is 1.63. The highest BCUT2D eigenvalue weighted by Gasteiger charge is 2.25. The lowest BCUT2D eigenvalue weighted by molar-refractivity contribution is -0.143. The Hall–Kier alpha value is -1.56. The van der Waals surface area contributed by atoms with Crippen LogP contribution in [0.15, 0.2) is 11.4 Å². The van der Waals surface area contributed by atoms with E-state index < -0.39 is 5.97 Å². The Morgan fingerprint density at radius 3 is 2.57 bits per heavy atom. The summed E-state index contributed by atoms with van der Waals surface area (Å²) < 4.78 is 0. The molecule has 1 aliphatic carbocycles. The van der Waals surface area contributed by atoms with E-state index in [-0.39, 0.29) is 11.9 Å². The minimum Gasteiger partial charge on any atom is -0.481 e. The molecular weight excluding hydrogens is 288 g/mol. The summed E-state index contributed by atoms with van der Waals surface area (Å²) in [5, 5.41) is 16.7. The number of carbonyl (C=O) groups is 2. The normalized spacial score (nSPS) is 21.8. The molecule has 1 heterocycles. The summed E-state index contributed by atoms with van der Waals surface area (Å²) >= 11 is 1.64. The van der Waals surface area contributed by atoms with Gasteiger partial charge in [-0.15, -0.1) is 11.3 Å². The molecular formula is C15H22N2O3S. The van der Waals surface area contributed by atoms with E-state index in [1.807, 2.05) is 18.4 Å². The van der Waals surface area contributed by atoms with Crippen molar-refractivity contribution in [3.63, 3.8) is 0 Å². The van der Waals surface area contributed by atoms with Gasteiger partial charge in [0.2, 0.25) is 0 Å². The maximum atomic E-state index is 11.8. The zero-order chi connectivity index (χ0) is 15.2. The topological polar surface area (TPSA) is 78.4 Å². The molecule has 0 saturated heterocycles. The van der Waals surface area contributed by atoms with Gasteiger partial charge in [-0.25, -0.2) is 4.79 Å². The van der Waals surface area contributed by atoms with Crippen molar-refractivity contribution in [1.82, 2.24) is 10.6 Å². The van der Waals surface area contributed by atoms with Crippen LogP contribution in [0, 0.1) is 18.8 Å². The second-order valence-electron chi connectivity index (χ2n) is 5.65. The van der Waals surface area contributed by atoms with Gasteiger partial charge in [0.15, 0.2) is 0 Å². The lowest BCUT2D eigenvalue weighted by Crippen LogP contribution is -2.38. The number of nitrogens with one attached hydrogen (secondary N) is 2. The Kier molecular flexibility index (Phi) is 5.61. The van der Waals surface area contributed by atoms with Crippen molar-refractivity contribution in [2.24, 2.45) is 11.8 Å². The molecule has 2 rings (SSSR count). The lowest BCUT2D eigenvalue weighted by Gasteiger charge is -2.26. The molecule has 0 unspecified atom stereocenters. The SMILES string of the molecule is Cc1ccsc1CNC(=O)NCC1CCC(C(=O)O)CC1. The van der Waals surface area contributed by atoms with Crippen LogP contribution in [-0.2, 0) is 11.3 Å². The fourth-order valence-corrected chi connectivity index (χ4v) is 3.50. The van der Waals surface area contributed by atoms with Crippen molar-refractivity contribution in [2.45, 2.75) is 39.2 Å². The fourth-order valence-electron chi connectivity index (χ4n) is 2.66. The highest BCUT2D eigenvalue weighted by atomic mass is 32.1. The van der Waals surface area contributed by atoms with Crippen molar-refractivity contribution < 1.29 is 14.7 Å². The molecule has 1 aromatic heterocycles. The summed E-state index contributed by atoms with van der Waals surface area (Å²) in [6.07, 6.45) is 3.19. The van der Waals surface area contributed by atoms with E-state index in [4.69, 9.17) is 5.11 Å². The number of thiophene rings is 1. The summed E-state index contributed by atoms with van der Waals surface area (Å²) in [4.78, 5) is 23.8. The molecule has 116 valence electrons. The molecule has 3 N–H and O–H groups in total. The summed E-state index contributed by atoms with van der Waals surface area (Å²) in [6, 6.07) is 1.89. The van der Waals surface area contributed by atoms with E-state index in [0.717, 1.165) is 25.7 Å². The number of rotatable bonds is 5. The van der Waals surface area contributed by atoms with Gasteiger partial charge in [-0.05, 0) is 55.5 Å². The summed E-state index contributed by atoms with van der Waals surface area (Å²) in [5.74, 6) is -0.489. The van der Waals surface area contributed by atoms with Crippen LogP contribution in [0.1, 0.15) is 36.1 Å². The van der Waals surface area contributed by atoms with Crippen molar-refractivity contribution in [3.05, 3.63) is 21.9 Å². The molecule has 1 aromatic rings. The molecule has 0 radical (unpaired) electrons. The van der Waals surface area contributed by atoms with Gasteiger partial charge in [0.05, 0.1) is 12.5 Å². The average molecular weight is 310 g/mol. The van der Waals surface area contributed by atoms with Crippen LogP contribution in [-0.4, -0.2) is 23.7 Å². The van der Waals surface area contributed by atoms with Crippen LogP contribution in [0.2, 0.25) is 0 Å². The predicted molar refractivity (Wildman–Crippen MR) is 82.4 cm³/mol. The van der Waals surface area contributed by atoms with Crippen LogP contribution in [0.25, 0.3) is 0 Å². The number of carboxylic acid groups (broad SMARTS) is 1. The Morgan fingerprint density at radius 1 is 1.29 bits per heavy atom. The lowest BCUT2D eigenvalue weighted by atomic mass is 9.82. The molecule has 0 aliphatic heterocycles. The molecule has 21 heavy (non-hydrogen) atoms. The largest absolute Gasteiger partial charge is 0.481 e. The molecule has 0 aromatic carbocycles. The first-order chi connectivity index (χ1) is 10.1. The van der Waals surface area contributed by atoms with Crippen LogP contribution in [0.4, 0.5) is 4.79 Å². The van der Waals surface area contributed by atoms with Crippen molar-refractivity contribution in [2.75, 3.05) is 6.54 Å². The maximum absolute atomic E-state index is 11.8. The number of hydrogen-bond acceptors (Lipinski definition) is 3. The number of carbonyl (C=O) groups excluding carboxylic acids is 1. The van der Waals surface area contributed by atoms with Crippen LogP contribution >= 0.6 is 11.3 Å². The average Bonchev–Trinajstić information content (AvgIpc) is 2.88. The highest BCUT2D eigenvalue weighted by Crippen LogP contribution is 2.28. The van der Waals surface area contributed by atoms with Crippen LogP contribution in [0.5, 0.6) is 0 Å². The molecule has 0 bridgehead atoms. The number of urea groups is 1. The molecule has 1 saturated carbocycles. The van der Waals surface area contributed by atoms with Crippen molar-refractivity contribution in [3.8, 4) is 0 Å². The quantitative estimate of drug-likeness (QED) is 0.782. The second kappa shape index (κ2) is 7.45. The third-order valence-electron chi connectivity index (χ3n) is 4.12. The molecule has 2 amide bonds. The van der Waals surface area contributed by atoms with Gasteiger partial charge in [-0.2, -0.15) is 0 Å². The Bertz CT molecular complexity index is 493. The van der Waals surface area contributed by atoms with Gasteiger partial charge in [0.1, 0.15) is 0 Å². The van der Waals surface area contributed by atoms with Gasteiger partial charge in [-0.3, -0.25) is 4.79 Å². The number of aryl methyl sites for hydroxylation is 1. The first kappa shape index (κ1) is 15.8. The third-order valence-corrected chi connectivity index (χ3v) is 5.15. The van der Waals surface area contributed by atoms with Gasteiger partial charge in [0.25, 0.3) is 0 Å². The number of aliphatic carboxylic acids is 1. The van der Waals surface area contributed by atoms with Gasteiger partial charge >= 0.3 is 12.0 Å². The monoisotopic (exact) mass is 310 g/mol. The zero-order valence-corrected chi connectivity index (χ0v) is 13.0. The standard InChI is InChI=1S/C15H22N2O3S/c1-10-6-7-21-13(10)9-17-15(20)16-8-11-2-4-12(5-3-11)14(18)19/h6-7,11-12H,2-5,8-9H2,1H3,(H,18,19)(H2,16,17,20). The molecule has 6 heteroatoms. The van der Waals surface area contributed by atoms with E-state index in [9.17, 15) is 9.59 Å². The van der Waals surface area contributed by atoms with Crippen LogP contribution in [0.3, 0.4) is 0 Å². The maximum Gasteiger partial charge on any atom is 0.315 e. The van der Waals surface area contributed by atoms with Crippen LogP contribution < -0.4 is 10.6 Å². The van der Waals surface area contributed by atoms with E-state index >= 15 is 0 Å². The van der Waals surface area contributed by atoms with E-state index in [1.54, 1.807) is 11.3 Å². The van der Waals surface area contributed by atoms with E-state index in [2.05, 4.69) is 10.6 Å². The van der Waals surface area contributed by atoms with Gasteiger partial charge in [-0.1, -0.05) is 0 Å². The molecule has 1 aliphatic rings. The Morgan fingerprint density at radius 2 is 2.00 bits per heavy atom. The predicted octanol–water partition coefficient (Wildman–Crippen LogP) is 2.75. The highest BCUT2D eigenvalue weighted by molar-refractivity contribution is 7.10. The number of hydrogen-bond donors (Lipinski definition) is 3. The van der Waals surface area contributed by atoms with E-state index in [0.29, 0.717) is 19.0 Å². The van der Waals surface area contributed by atoms with Gasteiger partial charge < -0.3 is 15.7 Å². The van der Waals surface area contributed by atoms with Crippen molar-refractivity contribution >= 4 is 23.3 Å². The molecule has 5 nitrogen and oxygen atoms in total. The summed E-state index contributed by atoms with van der Waals surface area (Å²) in [7, 11) is 0. The van der Waals surface area contributed by atoms with E-state index in [1.165, 1.54) is 10.4 Å². The van der Waals surface area contributed by atoms with Gasteiger partial charge in [0, 0.05) is 11.4 Å². The first-order valence-electron chi connectivity index (χ1n) is 7.33. The minimum atomic E-state index is -0.689. The Labute approximate surface area is 128 Å². The van der Waals surface area contributed by atoms with Crippen molar-refractivity contribution in [1.29, 1.82) is 0 Å². The molecule has 1 fully saturated rings. The summed E-state index contributed by atoms with van der Waals surface area (Å²) in [5.41, 5.74) is 1.20. The minimum absolute atomic E-state index is 0.150. The molecule has 0 atom stereocenters. The number of amides is 2. The third kappa shape index (κ3) is 4.74. The first-order valence-corrected chi connectivity index (χ1v) is 8.21.